The molecular formula is C16H18BrNO. The molecule has 0 aliphatic carbocycles. The predicted octanol–water partition coefficient (Wildman–Crippen LogP) is 3.84. The first kappa shape index (κ1) is 14.1. The fraction of sp³-hybridized carbons (Fsp3) is 0.250. The predicted molar refractivity (Wildman–Crippen MR) is 82.4 cm³/mol. The van der Waals surface area contributed by atoms with Crippen LogP contribution < -0.4 is 10.5 Å². The molecule has 2 nitrogen and oxygen atoms in total. The van der Waals surface area contributed by atoms with E-state index in [1.165, 1.54) is 16.7 Å². The van der Waals surface area contributed by atoms with Crippen LogP contribution in [0.4, 0.5) is 0 Å². The van der Waals surface area contributed by atoms with Gasteiger partial charge in [0.25, 0.3) is 0 Å². The summed E-state index contributed by atoms with van der Waals surface area (Å²) >= 11 is 3.54. The van der Waals surface area contributed by atoms with Gasteiger partial charge < -0.3 is 10.5 Å². The smallest absolute Gasteiger partial charge is 0.134 e. The number of benzene rings is 2. The molecule has 2 aromatic carbocycles. The lowest BCUT2D eigenvalue weighted by atomic mass is 10.1. The SMILES string of the molecule is Cc1cccc(COc2ccc(CCN)cc2Br)c1. The molecule has 0 radical (unpaired) electrons. The van der Waals surface area contributed by atoms with Gasteiger partial charge in [0.05, 0.1) is 4.47 Å². The fourth-order valence-electron chi connectivity index (χ4n) is 1.95. The molecule has 3 heteroatoms. The lowest BCUT2D eigenvalue weighted by Crippen LogP contribution is -2.03. The zero-order valence-corrected chi connectivity index (χ0v) is 12.6. The van der Waals surface area contributed by atoms with Crippen molar-refractivity contribution in [2.24, 2.45) is 5.73 Å². The van der Waals surface area contributed by atoms with Gasteiger partial charge in [-0.2, -0.15) is 0 Å². The highest BCUT2D eigenvalue weighted by atomic mass is 79.9. The van der Waals surface area contributed by atoms with E-state index in [2.05, 4.69) is 53.2 Å². The van der Waals surface area contributed by atoms with Crippen LogP contribution in [0.3, 0.4) is 0 Å². The largest absolute Gasteiger partial charge is 0.488 e. The number of nitrogens with two attached hydrogens (primary N) is 1. The van der Waals surface area contributed by atoms with Gasteiger partial charge in [-0.25, -0.2) is 0 Å². The highest BCUT2D eigenvalue weighted by molar-refractivity contribution is 9.10. The molecule has 0 atom stereocenters. The van der Waals surface area contributed by atoms with E-state index in [4.69, 9.17) is 10.5 Å². The maximum Gasteiger partial charge on any atom is 0.134 e. The Morgan fingerprint density at radius 1 is 1.11 bits per heavy atom. The summed E-state index contributed by atoms with van der Waals surface area (Å²) in [5.41, 5.74) is 9.20. The first-order chi connectivity index (χ1) is 9.19. The van der Waals surface area contributed by atoms with Crippen LogP contribution in [0.15, 0.2) is 46.9 Å². The first-order valence-electron chi connectivity index (χ1n) is 6.36. The highest BCUT2D eigenvalue weighted by Crippen LogP contribution is 2.27. The lowest BCUT2D eigenvalue weighted by molar-refractivity contribution is 0.304. The Morgan fingerprint density at radius 3 is 2.63 bits per heavy atom. The molecule has 19 heavy (non-hydrogen) atoms. The zero-order valence-electron chi connectivity index (χ0n) is 11.0. The summed E-state index contributed by atoms with van der Waals surface area (Å²) in [4.78, 5) is 0. The van der Waals surface area contributed by atoms with Crippen LogP contribution in [-0.2, 0) is 13.0 Å². The van der Waals surface area contributed by atoms with Crippen molar-refractivity contribution >= 4 is 15.9 Å². The number of hydrogen-bond acceptors (Lipinski definition) is 2. The number of rotatable bonds is 5. The van der Waals surface area contributed by atoms with Crippen molar-refractivity contribution in [1.82, 2.24) is 0 Å². The first-order valence-corrected chi connectivity index (χ1v) is 7.15. The van der Waals surface area contributed by atoms with Crippen LogP contribution in [0.25, 0.3) is 0 Å². The Balaban J connectivity index is 2.03. The van der Waals surface area contributed by atoms with E-state index in [1.54, 1.807) is 0 Å². The molecule has 0 aromatic heterocycles. The van der Waals surface area contributed by atoms with E-state index >= 15 is 0 Å². The molecule has 0 saturated heterocycles. The average Bonchev–Trinajstić information content (AvgIpc) is 2.38. The Morgan fingerprint density at radius 2 is 1.95 bits per heavy atom. The third kappa shape index (κ3) is 4.08. The highest BCUT2D eigenvalue weighted by Gasteiger charge is 2.03. The molecule has 0 bridgehead atoms. The number of halogens is 1. The second kappa shape index (κ2) is 6.73. The van der Waals surface area contributed by atoms with Crippen molar-refractivity contribution in [2.75, 3.05) is 6.54 Å². The second-order valence-corrected chi connectivity index (χ2v) is 5.44. The summed E-state index contributed by atoms with van der Waals surface area (Å²) in [5.74, 6) is 0.863. The van der Waals surface area contributed by atoms with Crippen LogP contribution in [-0.4, -0.2) is 6.54 Å². The molecule has 2 N–H and O–H groups in total. The van der Waals surface area contributed by atoms with Crippen molar-refractivity contribution in [3.05, 3.63) is 63.6 Å². The van der Waals surface area contributed by atoms with Gasteiger partial charge in [-0.3, -0.25) is 0 Å². The third-order valence-corrected chi connectivity index (χ3v) is 3.53. The standard InChI is InChI=1S/C16H18BrNO/c1-12-3-2-4-14(9-12)11-19-16-6-5-13(7-8-18)10-15(16)17/h2-6,9-10H,7-8,11,18H2,1H3. The minimum Gasteiger partial charge on any atom is -0.488 e. The molecule has 0 heterocycles. The van der Waals surface area contributed by atoms with E-state index in [9.17, 15) is 0 Å². The minimum absolute atomic E-state index is 0.580. The molecule has 2 rings (SSSR count). The van der Waals surface area contributed by atoms with Crippen LogP contribution in [0.1, 0.15) is 16.7 Å². The summed E-state index contributed by atoms with van der Waals surface area (Å²) in [7, 11) is 0. The maximum atomic E-state index is 5.83. The Kier molecular flexibility index (Phi) is 5.00. The molecule has 0 saturated carbocycles. The summed E-state index contributed by atoms with van der Waals surface area (Å²) in [6, 6.07) is 14.5. The molecular weight excluding hydrogens is 302 g/mol. The van der Waals surface area contributed by atoms with Gasteiger partial charge >= 0.3 is 0 Å². The monoisotopic (exact) mass is 319 g/mol. The number of hydrogen-bond donors (Lipinski definition) is 1. The molecule has 0 aliphatic rings. The number of ether oxygens (including phenoxy) is 1. The minimum atomic E-state index is 0.580. The number of aryl methyl sites for hydroxylation is 1. The van der Waals surface area contributed by atoms with E-state index in [1.807, 2.05) is 12.1 Å². The van der Waals surface area contributed by atoms with Crippen LogP contribution in [0, 0.1) is 6.92 Å². The molecule has 2 aromatic rings. The lowest BCUT2D eigenvalue weighted by Gasteiger charge is -2.10. The Bertz CT molecular complexity index is 554. The van der Waals surface area contributed by atoms with Gasteiger partial charge in [-0.1, -0.05) is 35.9 Å². The summed E-state index contributed by atoms with van der Waals surface area (Å²) < 4.78 is 6.81. The van der Waals surface area contributed by atoms with Gasteiger partial charge in [0.1, 0.15) is 12.4 Å². The second-order valence-electron chi connectivity index (χ2n) is 4.58. The summed E-state index contributed by atoms with van der Waals surface area (Å²) in [6.07, 6.45) is 0.886. The molecule has 0 spiro atoms. The van der Waals surface area contributed by atoms with Crippen LogP contribution in [0.2, 0.25) is 0 Å². The van der Waals surface area contributed by atoms with Crippen molar-refractivity contribution < 1.29 is 4.74 Å². The topological polar surface area (TPSA) is 35.2 Å². The molecule has 0 fully saturated rings. The van der Waals surface area contributed by atoms with Crippen molar-refractivity contribution in [1.29, 1.82) is 0 Å². The quantitative estimate of drug-likeness (QED) is 0.908. The summed E-state index contributed by atoms with van der Waals surface area (Å²) in [6.45, 7) is 3.33. The Labute approximate surface area is 122 Å². The van der Waals surface area contributed by atoms with Gasteiger partial charge in [0.2, 0.25) is 0 Å². The van der Waals surface area contributed by atoms with Gasteiger partial charge in [0.15, 0.2) is 0 Å². The Hall–Kier alpha value is -1.32. The van der Waals surface area contributed by atoms with E-state index in [-0.39, 0.29) is 0 Å². The average molecular weight is 320 g/mol. The molecule has 0 amide bonds. The van der Waals surface area contributed by atoms with Gasteiger partial charge in [-0.05, 0) is 59.1 Å². The zero-order chi connectivity index (χ0) is 13.7. The van der Waals surface area contributed by atoms with Crippen LogP contribution in [0.5, 0.6) is 5.75 Å². The maximum absolute atomic E-state index is 5.83. The van der Waals surface area contributed by atoms with Crippen molar-refractivity contribution in [3.8, 4) is 5.75 Å². The molecule has 100 valence electrons. The van der Waals surface area contributed by atoms with Gasteiger partial charge in [-0.15, -0.1) is 0 Å². The van der Waals surface area contributed by atoms with E-state index in [0.29, 0.717) is 13.2 Å². The summed E-state index contributed by atoms with van der Waals surface area (Å²) in [5, 5.41) is 0. The van der Waals surface area contributed by atoms with E-state index < -0.39 is 0 Å². The van der Waals surface area contributed by atoms with Gasteiger partial charge in [0, 0.05) is 0 Å². The third-order valence-electron chi connectivity index (χ3n) is 2.91. The van der Waals surface area contributed by atoms with E-state index in [0.717, 1.165) is 16.6 Å². The van der Waals surface area contributed by atoms with Crippen molar-refractivity contribution in [2.45, 2.75) is 20.0 Å². The fourth-order valence-corrected chi connectivity index (χ4v) is 2.49. The van der Waals surface area contributed by atoms with Crippen molar-refractivity contribution in [3.63, 3.8) is 0 Å². The molecule has 0 unspecified atom stereocenters. The van der Waals surface area contributed by atoms with Crippen LogP contribution >= 0.6 is 15.9 Å². The molecule has 0 aliphatic heterocycles. The normalized spacial score (nSPS) is 10.5.